The van der Waals surface area contributed by atoms with Crippen LogP contribution in [0, 0.1) is 5.41 Å². The average molecular weight is 575 g/mol. The van der Waals surface area contributed by atoms with Crippen molar-refractivity contribution in [1.82, 2.24) is 19.6 Å². The number of amides is 4. The highest BCUT2D eigenvalue weighted by Crippen LogP contribution is 2.46. The number of β-lactam (4-membered cyclic amide) rings is 1. The van der Waals surface area contributed by atoms with Gasteiger partial charge in [0.2, 0.25) is 17.7 Å². The van der Waals surface area contributed by atoms with Gasteiger partial charge in [-0.2, -0.15) is 0 Å². The summed E-state index contributed by atoms with van der Waals surface area (Å²) < 4.78 is 6.10. The molecule has 2 aromatic rings. The van der Waals surface area contributed by atoms with E-state index in [4.69, 9.17) is 4.74 Å². The second-order valence-electron chi connectivity index (χ2n) is 11.7. The SMILES string of the molecule is CCC1(CC)C(=O)N(C(=O)CN(C(=O)C(c2ccccc2)c2ccccc2)C2CC2)C1OCC(=O)N1CCN(C)CC1. The van der Waals surface area contributed by atoms with Crippen LogP contribution in [0.4, 0.5) is 0 Å². The summed E-state index contributed by atoms with van der Waals surface area (Å²) in [6.07, 6.45) is 1.79. The van der Waals surface area contributed by atoms with Crippen LogP contribution in [0.2, 0.25) is 0 Å². The first-order valence-corrected chi connectivity index (χ1v) is 15.2. The number of rotatable bonds is 11. The monoisotopic (exact) mass is 574 g/mol. The smallest absolute Gasteiger partial charge is 0.250 e. The third kappa shape index (κ3) is 5.85. The van der Waals surface area contributed by atoms with Gasteiger partial charge in [-0.3, -0.25) is 24.1 Å². The largest absolute Gasteiger partial charge is 0.347 e. The van der Waals surface area contributed by atoms with Crippen molar-refractivity contribution in [2.75, 3.05) is 46.4 Å². The van der Waals surface area contributed by atoms with E-state index >= 15 is 0 Å². The standard InChI is InChI=1S/C33H42N4O5/c1-4-33(5-2)31(41)37(32(33)42-23-28(39)35-20-18-34(3)19-21-35)27(38)22-36(26-16-17-26)30(40)29(24-12-8-6-9-13-24)25-14-10-7-11-15-25/h6-15,26,29,32H,4-5,16-23H2,1-3H3. The van der Waals surface area contributed by atoms with Crippen molar-refractivity contribution in [3.63, 3.8) is 0 Å². The van der Waals surface area contributed by atoms with Gasteiger partial charge < -0.3 is 19.4 Å². The Morgan fingerprint density at radius 1 is 0.881 bits per heavy atom. The quantitative estimate of drug-likeness (QED) is 0.383. The fourth-order valence-corrected chi connectivity index (χ4v) is 6.24. The van der Waals surface area contributed by atoms with Crippen LogP contribution in [0.3, 0.4) is 0 Å². The van der Waals surface area contributed by atoms with Crippen LogP contribution in [0.1, 0.15) is 56.6 Å². The number of likely N-dealkylation sites (N-methyl/N-ethyl adjacent to an activating group) is 1. The van der Waals surface area contributed by atoms with E-state index in [0.717, 1.165) is 42.0 Å². The first-order chi connectivity index (χ1) is 20.3. The molecule has 1 saturated carbocycles. The zero-order chi connectivity index (χ0) is 29.9. The number of ether oxygens (including phenoxy) is 1. The molecular formula is C33H42N4O5. The molecule has 5 rings (SSSR count). The minimum Gasteiger partial charge on any atom is -0.347 e. The van der Waals surface area contributed by atoms with Gasteiger partial charge in [0.25, 0.3) is 5.91 Å². The van der Waals surface area contributed by atoms with E-state index in [-0.39, 0.29) is 36.9 Å². The molecule has 4 amide bonds. The van der Waals surface area contributed by atoms with Crippen LogP contribution in [0.5, 0.6) is 0 Å². The molecule has 2 heterocycles. The number of benzene rings is 2. The average Bonchev–Trinajstić information content (AvgIpc) is 3.85. The van der Waals surface area contributed by atoms with Gasteiger partial charge in [-0.1, -0.05) is 74.5 Å². The lowest BCUT2D eigenvalue weighted by Crippen LogP contribution is -2.72. The van der Waals surface area contributed by atoms with E-state index < -0.39 is 23.5 Å². The van der Waals surface area contributed by atoms with Gasteiger partial charge in [0.1, 0.15) is 13.2 Å². The van der Waals surface area contributed by atoms with E-state index in [1.165, 1.54) is 0 Å². The molecule has 9 nitrogen and oxygen atoms in total. The van der Waals surface area contributed by atoms with Crippen molar-refractivity contribution in [3.05, 3.63) is 71.8 Å². The van der Waals surface area contributed by atoms with Gasteiger partial charge in [0.15, 0.2) is 6.23 Å². The number of nitrogens with zero attached hydrogens (tertiary/aromatic N) is 4. The van der Waals surface area contributed by atoms with Crippen molar-refractivity contribution in [2.24, 2.45) is 5.41 Å². The summed E-state index contributed by atoms with van der Waals surface area (Å²) in [6, 6.07) is 19.1. The number of hydrogen-bond acceptors (Lipinski definition) is 6. The predicted octanol–water partition coefficient (Wildman–Crippen LogP) is 3.10. The first kappa shape index (κ1) is 29.9. The molecule has 0 N–H and O–H groups in total. The molecule has 0 bridgehead atoms. The Morgan fingerprint density at radius 3 is 1.93 bits per heavy atom. The van der Waals surface area contributed by atoms with Gasteiger partial charge in [-0.05, 0) is 43.9 Å². The normalized spacial score (nSPS) is 20.4. The number of piperazine rings is 1. The molecule has 9 heteroatoms. The Balaban J connectivity index is 1.34. The van der Waals surface area contributed by atoms with Crippen molar-refractivity contribution < 1.29 is 23.9 Å². The van der Waals surface area contributed by atoms with Crippen LogP contribution < -0.4 is 0 Å². The molecule has 0 spiro atoms. The van der Waals surface area contributed by atoms with Crippen LogP contribution >= 0.6 is 0 Å². The highest BCUT2D eigenvalue weighted by Gasteiger charge is 2.62. The summed E-state index contributed by atoms with van der Waals surface area (Å²) >= 11 is 0. The van der Waals surface area contributed by atoms with Crippen molar-refractivity contribution >= 4 is 23.6 Å². The molecule has 1 aliphatic carbocycles. The highest BCUT2D eigenvalue weighted by molar-refractivity contribution is 6.05. The molecular weight excluding hydrogens is 532 g/mol. The molecule has 2 aliphatic heterocycles. The summed E-state index contributed by atoms with van der Waals surface area (Å²) in [5.74, 6) is -1.61. The van der Waals surface area contributed by atoms with Crippen LogP contribution in [-0.4, -0.2) is 102 Å². The molecule has 0 aromatic heterocycles. The Bertz CT molecular complexity index is 1230. The summed E-state index contributed by atoms with van der Waals surface area (Å²) in [5, 5.41) is 0. The van der Waals surface area contributed by atoms with Gasteiger partial charge in [0, 0.05) is 32.2 Å². The van der Waals surface area contributed by atoms with Crippen LogP contribution in [0.25, 0.3) is 0 Å². The summed E-state index contributed by atoms with van der Waals surface area (Å²) in [7, 11) is 2.02. The Morgan fingerprint density at radius 2 is 1.43 bits per heavy atom. The fourth-order valence-electron chi connectivity index (χ4n) is 6.24. The summed E-state index contributed by atoms with van der Waals surface area (Å²) in [4.78, 5) is 61.2. The van der Waals surface area contributed by atoms with Crippen LogP contribution in [0.15, 0.2) is 60.7 Å². The lowest BCUT2D eigenvalue weighted by molar-refractivity contribution is -0.224. The van der Waals surface area contributed by atoms with E-state index in [0.29, 0.717) is 25.9 Å². The van der Waals surface area contributed by atoms with E-state index in [1.54, 1.807) is 9.80 Å². The zero-order valence-corrected chi connectivity index (χ0v) is 24.9. The zero-order valence-electron chi connectivity index (χ0n) is 24.9. The molecule has 1 atom stereocenters. The summed E-state index contributed by atoms with van der Waals surface area (Å²) in [5.41, 5.74) is 0.848. The molecule has 42 heavy (non-hydrogen) atoms. The fraction of sp³-hybridized carbons (Fsp3) is 0.515. The Hall–Kier alpha value is -3.56. The van der Waals surface area contributed by atoms with Crippen molar-refractivity contribution in [3.8, 4) is 0 Å². The molecule has 0 radical (unpaired) electrons. The van der Waals surface area contributed by atoms with Gasteiger partial charge in [-0.15, -0.1) is 0 Å². The van der Waals surface area contributed by atoms with Gasteiger partial charge in [-0.25, -0.2) is 0 Å². The Labute approximate surface area is 248 Å². The number of imide groups is 1. The van der Waals surface area contributed by atoms with Crippen molar-refractivity contribution in [2.45, 2.75) is 57.7 Å². The van der Waals surface area contributed by atoms with E-state index in [1.807, 2.05) is 81.6 Å². The minimum atomic E-state index is -0.858. The third-order valence-corrected chi connectivity index (χ3v) is 9.19. The predicted molar refractivity (Wildman–Crippen MR) is 158 cm³/mol. The van der Waals surface area contributed by atoms with Gasteiger partial charge in [0.05, 0.1) is 11.3 Å². The molecule has 2 saturated heterocycles. The number of carbonyl (C=O) groups excluding carboxylic acids is 4. The van der Waals surface area contributed by atoms with Crippen molar-refractivity contribution in [1.29, 1.82) is 0 Å². The minimum absolute atomic E-state index is 0.0481. The first-order valence-electron chi connectivity index (χ1n) is 15.2. The van der Waals surface area contributed by atoms with E-state index in [9.17, 15) is 19.2 Å². The van der Waals surface area contributed by atoms with E-state index in [2.05, 4.69) is 4.90 Å². The number of likely N-dealkylation sites (tertiary alicyclic amines) is 1. The maximum Gasteiger partial charge on any atom is 0.250 e. The van der Waals surface area contributed by atoms with Gasteiger partial charge >= 0.3 is 0 Å². The molecule has 1 unspecified atom stereocenters. The molecule has 3 fully saturated rings. The highest BCUT2D eigenvalue weighted by atomic mass is 16.5. The second-order valence-corrected chi connectivity index (χ2v) is 11.7. The van der Waals surface area contributed by atoms with Crippen LogP contribution in [-0.2, 0) is 23.9 Å². The lowest BCUT2D eigenvalue weighted by Gasteiger charge is -2.54. The third-order valence-electron chi connectivity index (χ3n) is 9.19. The summed E-state index contributed by atoms with van der Waals surface area (Å²) in [6.45, 7) is 6.26. The maximum atomic E-state index is 14.2. The molecule has 3 aliphatic rings. The lowest BCUT2D eigenvalue weighted by atomic mass is 9.71. The number of carbonyl (C=O) groups is 4. The maximum absolute atomic E-state index is 14.2. The second kappa shape index (κ2) is 12.8. The molecule has 2 aromatic carbocycles. The topological polar surface area (TPSA) is 90.5 Å². The molecule has 224 valence electrons. The Kier molecular flexibility index (Phi) is 9.08. The number of hydrogen-bond donors (Lipinski definition) is 0.